The molecule has 0 bridgehead atoms. The zero-order valence-corrected chi connectivity index (χ0v) is 17.5. The lowest BCUT2D eigenvalue weighted by atomic mass is 9.93. The van der Waals surface area contributed by atoms with Gasteiger partial charge in [0, 0.05) is 31.0 Å². The Kier molecular flexibility index (Phi) is 8.55. The molecule has 0 N–H and O–H groups in total. The average molecular weight is 424 g/mol. The number of amides is 1. The molecule has 3 heterocycles. The monoisotopic (exact) mass is 423 g/mol. The summed E-state index contributed by atoms with van der Waals surface area (Å²) in [6.07, 6.45) is 6.96. The molecule has 0 atom stereocenters. The number of fused-ring (bicyclic) bond motifs is 1. The quantitative estimate of drug-likeness (QED) is 0.707. The average Bonchev–Trinajstić information content (AvgIpc) is 2.68. The van der Waals surface area contributed by atoms with Crippen molar-refractivity contribution in [3.63, 3.8) is 0 Å². The van der Waals surface area contributed by atoms with Crippen molar-refractivity contribution < 1.29 is 9.53 Å². The van der Waals surface area contributed by atoms with Crippen LogP contribution >= 0.6 is 24.8 Å². The summed E-state index contributed by atoms with van der Waals surface area (Å²) in [5.41, 5.74) is 2.42. The summed E-state index contributed by atoms with van der Waals surface area (Å²) in [6, 6.07) is 12.0. The van der Waals surface area contributed by atoms with Crippen LogP contribution in [0.4, 0.5) is 4.79 Å². The van der Waals surface area contributed by atoms with Crippen molar-refractivity contribution >= 4 is 30.9 Å². The van der Waals surface area contributed by atoms with Crippen LogP contribution in [0.3, 0.4) is 0 Å². The van der Waals surface area contributed by atoms with Gasteiger partial charge in [-0.05, 0) is 62.0 Å². The van der Waals surface area contributed by atoms with Crippen LogP contribution in [0.2, 0.25) is 0 Å². The van der Waals surface area contributed by atoms with Gasteiger partial charge in [-0.15, -0.1) is 24.8 Å². The molecule has 1 fully saturated rings. The minimum atomic E-state index is -0.209. The van der Waals surface area contributed by atoms with Crippen LogP contribution in [-0.4, -0.2) is 40.5 Å². The first-order valence-electron chi connectivity index (χ1n) is 9.44. The molecule has 152 valence electrons. The van der Waals surface area contributed by atoms with Crippen LogP contribution < -0.4 is 4.74 Å². The van der Waals surface area contributed by atoms with Gasteiger partial charge in [-0.2, -0.15) is 0 Å². The predicted molar refractivity (Wildman–Crippen MR) is 114 cm³/mol. The normalized spacial score (nSPS) is 17.1. The molecule has 1 aromatic carbocycles. The Morgan fingerprint density at radius 2 is 1.75 bits per heavy atom. The first kappa shape index (κ1) is 22.5. The number of hydrogen-bond donors (Lipinski definition) is 0. The molecule has 5 nitrogen and oxygen atoms in total. The van der Waals surface area contributed by atoms with Crippen LogP contribution in [0, 0.1) is 5.92 Å². The number of hydrogen-bond acceptors (Lipinski definition) is 4. The van der Waals surface area contributed by atoms with Crippen LogP contribution in [0.25, 0.3) is 0 Å². The largest absolute Gasteiger partial charge is 0.415 e. The Morgan fingerprint density at radius 3 is 2.50 bits per heavy atom. The van der Waals surface area contributed by atoms with Crippen molar-refractivity contribution in [1.82, 2.24) is 14.8 Å². The number of rotatable bonds is 5. The van der Waals surface area contributed by atoms with Crippen molar-refractivity contribution in [3.05, 3.63) is 59.9 Å². The third-order valence-corrected chi connectivity index (χ3v) is 5.46. The number of nitrogens with zero attached hydrogens (tertiary/aromatic N) is 3. The molecule has 0 saturated carbocycles. The van der Waals surface area contributed by atoms with Crippen LogP contribution in [0.1, 0.15) is 30.4 Å². The summed E-state index contributed by atoms with van der Waals surface area (Å²) in [6.45, 7) is 4.70. The molecule has 0 radical (unpaired) electrons. The molecule has 1 amide bonds. The van der Waals surface area contributed by atoms with Gasteiger partial charge >= 0.3 is 6.09 Å². The molecular weight excluding hydrogens is 397 g/mol. The second-order valence-electron chi connectivity index (χ2n) is 7.26. The van der Waals surface area contributed by atoms with E-state index in [2.05, 4.69) is 22.0 Å². The highest BCUT2D eigenvalue weighted by Crippen LogP contribution is 2.27. The van der Waals surface area contributed by atoms with E-state index in [4.69, 9.17) is 4.74 Å². The fourth-order valence-corrected chi connectivity index (χ4v) is 3.85. The third kappa shape index (κ3) is 5.60. The Hall–Kier alpha value is -1.82. The number of ether oxygens (including phenoxy) is 1. The zero-order valence-electron chi connectivity index (χ0n) is 15.8. The van der Waals surface area contributed by atoms with Gasteiger partial charge in [-0.25, -0.2) is 4.79 Å². The van der Waals surface area contributed by atoms with E-state index in [1.165, 1.54) is 18.4 Å². The number of piperidine rings is 1. The van der Waals surface area contributed by atoms with Gasteiger partial charge in [0.1, 0.15) is 5.75 Å². The number of benzene rings is 1. The van der Waals surface area contributed by atoms with Crippen LogP contribution in [0.5, 0.6) is 5.75 Å². The van der Waals surface area contributed by atoms with Crippen LogP contribution in [0.15, 0.2) is 48.8 Å². The summed E-state index contributed by atoms with van der Waals surface area (Å²) in [7, 11) is 0. The number of carbonyl (C=O) groups is 1. The van der Waals surface area contributed by atoms with Gasteiger partial charge in [-0.1, -0.05) is 18.2 Å². The Labute approximate surface area is 178 Å². The SMILES string of the molecule is Cl.Cl.O=C1Oc2ccccc2CN1CCC1CCN(Cc2ccncc2)CC1. The minimum Gasteiger partial charge on any atom is -0.410 e. The van der Waals surface area contributed by atoms with Crippen molar-refractivity contribution in [3.8, 4) is 5.75 Å². The molecule has 0 aliphatic carbocycles. The molecule has 1 saturated heterocycles. The van der Waals surface area contributed by atoms with Crippen molar-refractivity contribution in [2.45, 2.75) is 32.4 Å². The molecule has 0 spiro atoms. The highest BCUT2D eigenvalue weighted by molar-refractivity contribution is 5.85. The standard InChI is InChI=1S/C21H25N3O2.2ClH/c25-21-24(16-19-3-1-2-4-20(19)26-21)14-9-17-7-12-23(13-8-17)15-18-5-10-22-11-6-18;;/h1-6,10-11,17H,7-9,12-16H2;2*1H. The van der Waals surface area contributed by atoms with E-state index < -0.39 is 0 Å². The maximum atomic E-state index is 12.2. The van der Waals surface area contributed by atoms with E-state index in [0.717, 1.165) is 38.2 Å². The van der Waals surface area contributed by atoms with Gasteiger partial charge < -0.3 is 9.64 Å². The Morgan fingerprint density at radius 1 is 1.04 bits per heavy atom. The molecule has 7 heteroatoms. The lowest BCUT2D eigenvalue weighted by Crippen LogP contribution is -2.39. The number of carbonyl (C=O) groups excluding carboxylic acids is 1. The Bertz CT molecular complexity index is 752. The van der Waals surface area contributed by atoms with Gasteiger partial charge in [0.2, 0.25) is 0 Å². The molecule has 28 heavy (non-hydrogen) atoms. The van der Waals surface area contributed by atoms with E-state index in [1.54, 1.807) is 0 Å². The predicted octanol–water partition coefficient (Wildman–Crippen LogP) is 4.54. The smallest absolute Gasteiger partial charge is 0.410 e. The summed E-state index contributed by atoms with van der Waals surface area (Å²) in [5, 5.41) is 0. The molecule has 2 aliphatic rings. The van der Waals surface area contributed by atoms with E-state index >= 15 is 0 Å². The fourth-order valence-electron chi connectivity index (χ4n) is 3.85. The highest BCUT2D eigenvalue weighted by atomic mass is 35.5. The molecule has 2 aliphatic heterocycles. The fraction of sp³-hybridized carbons (Fsp3) is 0.429. The summed E-state index contributed by atoms with van der Waals surface area (Å²) < 4.78 is 5.44. The van der Waals surface area contributed by atoms with Gasteiger partial charge in [0.25, 0.3) is 0 Å². The van der Waals surface area contributed by atoms with E-state index in [0.29, 0.717) is 18.2 Å². The number of likely N-dealkylation sites (tertiary alicyclic amines) is 1. The zero-order chi connectivity index (χ0) is 17.8. The van der Waals surface area contributed by atoms with E-state index in [1.807, 2.05) is 41.6 Å². The molecular formula is C21H27Cl2N3O2. The van der Waals surface area contributed by atoms with E-state index in [-0.39, 0.29) is 30.9 Å². The van der Waals surface area contributed by atoms with E-state index in [9.17, 15) is 4.79 Å². The molecule has 4 rings (SSSR count). The van der Waals surface area contributed by atoms with Gasteiger partial charge in [0.05, 0.1) is 6.54 Å². The number of aromatic nitrogens is 1. The first-order chi connectivity index (χ1) is 12.8. The topological polar surface area (TPSA) is 45.7 Å². The second-order valence-corrected chi connectivity index (χ2v) is 7.26. The lowest BCUT2D eigenvalue weighted by molar-refractivity contribution is 0.125. The van der Waals surface area contributed by atoms with Crippen molar-refractivity contribution in [2.75, 3.05) is 19.6 Å². The highest BCUT2D eigenvalue weighted by Gasteiger charge is 2.26. The van der Waals surface area contributed by atoms with Crippen molar-refractivity contribution in [1.29, 1.82) is 0 Å². The van der Waals surface area contributed by atoms with Crippen molar-refractivity contribution in [2.24, 2.45) is 5.92 Å². The van der Waals surface area contributed by atoms with Crippen LogP contribution in [-0.2, 0) is 13.1 Å². The first-order valence-corrected chi connectivity index (χ1v) is 9.44. The minimum absolute atomic E-state index is 0. The summed E-state index contributed by atoms with van der Waals surface area (Å²) >= 11 is 0. The number of pyridine rings is 1. The molecule has 0 unspecified atom stereocenters. The molecule has 1 aromatic heterocycles. The molecule has 2 aromatic rings. The third-order valence-electron chi connectivity index (χ3n) is 5.46. The number of halogens is 2. The maximum absolute atomic E-state index is 12.2. The lowest BCUT2D eigenvalue weighted by Gasteiger charge is -2.34. The van der Waals surface area contributed by atoms with Gasteiger partial charge in [0.15, 0.2) is 0 Å². The number of para-hydroxylation sites is 1. The second kappa shape index (κ2) is 10.6. The van der Waals surface area contributed by atoms with Gasteiger partial charge in [-0.3, -0.25) is 9.88 Å². The Balaban J connectivity index is 0.00000140. The summed E-state index contributed by atoms with van der Waals surface area (Å²) in [5.74, 6) is 1.40. The summed E-state index contributed by atoms with van der Waals surface area (Å²) in [4.78, 5) is 20.6. The maximum Gasteiger partial charge on any atom is 0.415 e.